The van der Waals surface area contributed by atoms with Crippen molar-refractivity contribution in [3.8, 4) is 0 Å². The zero-order chi connectivity index (χ0) is 13.3. The van der Waals surface area contributed by atoms with Crippen LogP contribution >= 0.6 is 0 Å². The van der Waals surface area contributed by atoms with E-state index in [0.717, 1.165) is 12.5 Å². The van der Waals surface area contributed by atoms with Gasteiger partial charge < -0.3 is 10.6 Å². The summed E-state index contributed by atoms with van der Waals surface area (Å²) >= 11 is 0. The summed E-state index contributed by atoms with van der Waals surface area (Å²) in [6.07, 6.45) is 2.17. The Morgan fingerprint density at radius 1 is 1.33 bits per heavy atom. The van der Waals surface area contributed by atoms with Gasteiger partial charge in [0.2, 0.25) is 16.0 Å². The van der Waals surface area contributed by atoms with E-state index in [1.165, 1.54) is 4.31 Å². The van der Waals surface area contributed by atoms with Crippen molar-refractivity contribution in [1.82, 2.24) is 14.3 Å². The Balaban J connectivity index is 2.12. The van der Waals surface area contributed by atoms with E-state index in [-0.39, 0.29) is 11.8 Å². The van der Waals surface area contributed by atoms with E-state index in [1.807, 2.05) is 0 Å². The minimum Gasteiger partial charge on any atom is -0.368 e. The van der Waals surface area contributed by atoms with Gasteiger partial charge in [0.25, 0.3) is 0 Å². The van der Waals surface area contributed by atoms with Gasteiger partial charge in [0.15, 0.2) is 11.6 Å². The zero-order valence-corrected chi connectivity index (χ0v) is 10.7. The lowest BCUT2D eigenvalue weighted by Gasteiger charge is -2.33. The number of rotatable bonds is 2. The largest absolute Gasteiger partial charge is 0.368 e. The first-order chi connectivity index (χ1) is 8.38. The fraction of sp³-hybridized carbons (Fsp3) is 0.556. The third kappa shape index (κ3) is 2.67. The fourth-order valence-electron chi connectivity index (χ4n) is 1.82. The number of sulfonamides is 1. The van der Waals surface area contributed by atoms with Gasteiger partial charge in [0.05, 0.1) is 12.5 Å². The van der Waals surface area contributed by atoms with Crippen LogP contribution in [0.5, 0.6) is 0 Å². The molecule has 2 N–H and O–H groups in total. The van der Waals surface area contributed by atoms with Crippen molar-refractivity contribution in [2.24, 2.45) is 0 Å². The SMILES string of the molecule is CS(=O)(=O)N1CCN(c2nc(N)ncc2F)CC1. The summed E-state index contributed by atoms with van der Waals surface area (Å²) in [6.45, 7) is 1.37. The number of nitrogens with zero attached hydrogens (tertiary/aromatic N) is 4. The van der Waals surface area contributed by atoms with Gasteiger partial charge in [0, 0.05) is 26.2 Å². The van der Waals surface area contributed by atoms with Gasteiger partial charge in [-0.2, -0.15) is 9.29 Å². The van der Waals surface area contributed by atoms with Crippen LogP contribution in [0.2, 0.25) is 0 Å². The van der Waals surface area contributed by atoms with Crippen molar-refractivity contribution in [3.05, 3.63) is 12.0 Å². The van der Waals surface area contributed by atoms with Gasteiger partial charge in [-0.3, -0.25) is 0 Å². The molecule has 1 fully saturated rings. The van der Waals surface area contributed by atoms with Crippen LogP contribution in [0.15, 0.2) is 6.20 Å². The number of anilines is 2. The summed E-state index contributed by atoms with van der Waals surface area (Å²) in [5.74, 6) is -0.440. The average molecular weight is 275 g/mol. The predicted octanol–water partition coefficient (Wildman–Crippen LogP) is -0.720. The number of nitrogen functional groups attached to an aromatic ring is 1. The molecule has 0 aliphatic carbocycles. The number of piperazine rings is 1. The second-order valence-corrected chi connectivity index (χ2v) is 6.03. The Morgan fingerprint density at radius 3 is 2.50 bits per heavy atom. The van der Waals surface area contributed by atoms with Crippen molar-refractivity contribution >= 4 is 21.8 Å². The number of nitrogens with two attached hydrogens (primary N) is 1. The van der Waals surface area contributed by atoms with Crippen LogP contribution in [-0.2, 0) is 10.0 Å². The summed E-state index contributed by atoms with van der Waals surface area (Å²) in [6, 6.07) is 0. The molecule has 1 saturated heterocycles. The van der Waals surface area contributed by atoms with E-state index >= 15 is 0 Å². The molecule has 0 atom stereocenters. The lowest BCUT2D eigenvalue weighted by molar-refractivity contribution is 0.384. The molecule has 7 nitrogen and oxygen atoms in total. The molecule has 2 rings (SSSR count). The van der Waals surface area contributed by atoms with Crippen molar-refractivity contribution in [3.63, 3.8) is 0 Å². The molecule has 9 heteroatoms. The van der Waals surface area contributed by atoms with E-state index in [4.69, 9.17) is 5.73 Å². The van der Waals surface area contributed by atoms with E-state index in [0.29, 0.717) is 26.2 Å². The van der Waals surface area contributed by atoms with Gasteiger partial charge in [0.1, 0.15) is 0 Å². The third-order valence-electron chi connectivity index (χ3n) is 2.75. The molecule has 2 heterocycles. The van der Waals surface area contributed by atoms with Crippen LogP contribution in [0.25, 0.3) is 0 Å². The number of hydrogen-bond acceptors (Lipinski definition) is 6. The minimum atomic E-state index is -3.19. The molecule has 1 aromatic heterocycles. The number of aromatic nitrogens is 2. The number of hydrogen-bond donors (Lipinski definition) is 1. The quantitative estimate of drug-likeness (QED) is 0.765. The maximum atomic E-state index is 13.5. The van der Waals surface area contributed by atoms with Crippen LogP contribution in [0.4, 0.5) is 16.2 Å². The van der Waals surface area contributed by atoms with Gasteiger partial charge in [-0.1, -0.05) is 0 Å². The molecule has 100 valence electrons. The van der Waals surface area contributed by atoms with Crippen LogP contribution in [0.3, 0.4) is 0 Å². The Bertz CT molecular complexity index is 542. The highest BCUT2D eigenvalue weighted by atomic mass is 32.2. The van der Waals surface area contributed by atoms with Crippen LogP contribution < -0.4 is 10.6 Å². The first-order valence-corrected chi connectivity index (χ1v) is 7.21. The Labute approximate surface area is 104 Å². The smallest absolute Gasteiger partial charge is 0.222 e. The summed E-state index contributed by atoms with van der Waals surface area (Å²) in [7, 11) is -3.19. The molecule has 0 spiro atoms. The van der Waals surface area contributed by atoms with E-state index < -0.39 is 15.8 Å². The maximum Gasteiger partial charge on any atom is 0.222 e. The van der Waals surface area contributed by atoms with Crippen LogP contribution in [0.1, 0.15) is 0 Å². The molecule has 1 aliphatic rings. The van der Waals surface area contributed by atoms with Gasteiger partial charge in [-0.05, 0) is 0 Å². The highest BCUT2D eigenvalue weighted by molar-refractivity contribution is 7.88. The second kappa shape index (κ2) is 4.65. The fourth-order valence-corrected chi connectivity index (χ4v) is 2.65. The van der Waals surface area contributed by atoms with Crippen molar-refractivity contribution in [2.75, 3.05) is 43.1 Å². The molecule has 0 unspecified atom stereocenters. The molecular weight excluding hydrogens is 261 g/mol. The van der Waals surface area contributed by atoms with E-state index in [9.17, 15) is 12.8 Å². The topological polar surface area (TPSA) is 92.4 Å². The highest BCUT2D eigenvalue weighted by Crippen LogP contribution is 2.18. The Hall–Kier alpha value is -1.48. The maximum absolute atomic E-state index is 13.5. The lowest BCUT2D eigenvalue weighted by atomic mass is 10.3. The molecule has 18 heavy (non-hydrogen) atoms. The van der Waals surface area contributed by atoms with Gasteiger partial charge in [-0.25, -0.2) is 17.8 Å². The van der Waals surface area contributed by atoms with Crippen molar-refractivity contribution in [1.29, 1.82) is 0 Å². The number of halogens is 1. The van der Waals surface area contributed by atoms with Gasteiger partial charge >= 0.3 is 0 Å². The van der Waals surface area contributed by atoms with E-state index in [1.54, 1.807) is 4.90 Å². The van der Waals surface area contributed by atoms with Crippen LogP contribution in [-0.4, -0.2) is 55.1 Å². The zero-order valence-electron chi connectivity index (χ0n) is 9.87. The third-order valence-corrected chi connectivity index (χ3v) is 4.05. The van der Waals surface area contributed by atoms with Gasteiger partial charge in [-0.15, -0.1) is 0 Å². The molecule has 1 aromatic rings. The molecule has 0 bridgehead atoms. The Kier molecular flexibility index (Phi) is 3.35. The molecular formula is C9H14FN5O2S. The van der Waals surface area contributed by atoms with Crippen molar-refractivity contribution in [2.45, 2.75) is 0 Å². The predicted molar refractivity (Wildman–Crippen MR) is 65.0 cm³/mol. The molecule has 0 aromatic carbocycles. The molecule has 0 saturated carbocycles. The monoisotopic (exact) mass is 275 g/mol. The van der Waals surface area contributed by atoms with Crippen LogP contribution in [0, 0.1) is 5.82 Å². The summed E-state index contributed by atoms with van der Waals surface area (Å²) in [4.78, 5) is 9.04. The summed E-state index contributed by atoms with van der Waals surface area (Å²) in [5, 5.41) is 0. The van der Waals surface area contributed by atoms with Crippen molar-refractivity contribution < 1.29 is 12.8 Å². The minimum absolute atomic E-state index is 0.00283. The molecule has 1 aliphatic heterocycles. The first kappa shape index (κ1) is 13.0. The standard InChI is InChI=1S/C9H14FN5O2S/c1-18(16,17)15-4-2-14(3-5-15)8-7(10)6-12-9(11)13-8/h6H,2-5H2,1H3,(H2,11,12,13). The summed E-state index contributed by atoms with van der Waals surface area (Å²) in [5.41, 5.74) is 5.41. The average Bonchev–Trinajstić information content (AvgIpc) is 2.31. The first-order valence-electron chi connectivity index (χ1n) is 5.36. The molecule has 0 amide bonds. The lowest BCUT2D eigenvalue weighted by Crippen LogP contribution is -2.48. The normalized spacial score (nSPS) is 18.0. The molecule has 0 radical (unpaired) electrons. The highest BCUT2D eigenvalue weighted by Gasteiger charge is 2.25. The summed E-state index contributed by atoms with van der Waals surface area (Å²) < 4.78 is 37.6. The second-order valence-electron chi connectivity index (χ2n) is 4.05. The Morgan fingerprint density at radius 2 is 1.94 bits per heavy atom. The van der Waals surface area contributed by atoms with E-state index in [2.05, 4.69) is 9.97 Å².